The van der Waals surface area contributed by atoms with Crippen LogP contribution in [0.3, 0.4) is 0 Å². The Morgan fingerprint density at radius 2 is 1.83 bits per heavy atom. The van der Waals surface area contributed by atoms with Gasteiger partial charge in [0.25, 0.3) is 0 Å². The Bertz CT molecular complexity index is 444. The molecule has 0 unspecified atom stereocenters. The van der Waals surface area contributed by atoms with Crippen LogP contribution in [0.1, 0.15) is 68.7 Å². The lowest BCUT2D eigenvalue weighted by atomic mass is 9.74. The van der Waals surface area contributed by atoms with Crippen molar-refractivity contribution in [1.29, 1.82) is 0 Å². The predicted molar refractivity (Wildman–Crippen MR) is 78.2 cm³/mol. The van der Waals surface area contributed by atoms with Crippen molar-refractivity contribution < 1.29 is 0 Å². The van der Waals surface area contributed by atoms with Gasteiger partial charge in [-0.1, -0.05) is 52.2 Å². The van der Waals surface area contributed by atoms with Gasteiger partial charge in [-0.2, -0.15) is 0 Å². The van der Waals surface area contributed by atoms with Crippen LogP contribution in [0, 0.1) is 5.92 Å². The summed E-state index contributed by atoms with van der Waals surface area (Å²) in [6.45, 7) is 7.18. The van der Waals surface area contributed by atoms with Gasteiger partial charge < -0.3 is 0 Å². The molecule has 0 aromatic heterocycles. The minimum atomic E-state index is 0.314. The summed E-state index contributed by atoms with van der Waals surface area (Å²) in [7, 11) is 0. The third kappa shape index (κ3) is 2.11. The van der Waals surface area contributed by atoms with Crippen molar-refractivity contribution in [2.24, 2.45) is 5.92 Å². The van der Waals surface area contributed by atoms with E-state index in [4.69, 9.17) is 0 Å². The Balaban J connectivity index is 2.01. The van der Waals surface area contributed by atoms with E-state index in [1.54, 1.807) is 22.3 Å². The van der Waals surface area contributed by atoms with Crippen molar-refractivity contribution in [3.05, 3.63) is 34.4 Å². The van der Waals surface area contributed by atoms with Crippen molar-refractivity contribution >= 4 is 0 Å². The topological polar surface area (TPSA) is 0 Å². The van der Waals surface area contributed by atoms with Crippen molar-refractivity contribution in [3.63, 3.8) is 0 Å². The van der Waals surface area contributed by atoms with E-state index >= 15 is 0 Å². The maximum atomic E-state index is 2.45. The Kier molecular flexibility index (Phi) is 3.00. The van der Waals surface area contributed by atoms with Gasteiger partial charge in [0.15, 0.2) is 0 Å². The largest absolute Gasteiger partial charge is 0.0585 e. The van der Waals surface area contributed by atoms with Crippen molar-refractivity contribution in [2.75, 3.05) is 0 Å². The second kappa shape index (κ2) is 4.40. The van der Waals surface area contributed by atoms with E-state index < -0.39 is 0 Å². The van der Waals surface area contributed by atoms with Gasteiger partial charge in [0, 0.05) is 0 Å². The molecular formula is C18H26. The molecule has 0 nitrogen and oxygen atoms in total. The van der Waals surface area contributed by atoms with Crippen LogP contribution in [0.4, 0.5) is 0 Å². The fraction of sp³-hybridized carbons (Fsp3) is 0.667. The third-order valence-corrected chi connectivity index (χ3v) is 4.85. The van der Waals surface area contributed by atoms with Gasteiger partial charge in [0.05, 0.1) is 0 Å². The molecule has 0 atom stereocenters. The lowest BCUT2D eigenvalue weighted by Crippen LogP contribution is -2.21. The standard InChI is InChI=1S/C18H26/c1-18(2,3)17-15(12-13-6-4-7-13)11-10-14-8-5-9-16(14)17/h10-11,13H,4-9,12H2,1-3H3. The van der Waals surface area contributed by atoms with Gasteiger partial charge in [-0.15, -0.1) is 0 Å². The van der Waals surface area contributed by atoms with Crippen molar-refractivity contribution in [2.45, 2.75) is 71.1 Å². The molecule has 0 bridgehead atoms. The molecule has 1 saturated carbocycles. The van der Waals surface area contributed by atoms with Crippen LogP contribution in [-0.4, -0.2) is 0 Å². The summed E-state index contributed by atoms with van der Waals surface area (Å²) in [5.74, 6) is 0.977. The molecule has 0 spiro atoms. The lowest BCUT2D eigenvalue weighted by Gasteiger charge is -2.31. The van der Waals surface area contributed by atoms with Crippen LogP contribution in [0.25, 0.3) is 0 Å². The highest BCUT2D eigenvalue weighted by molar-refractivity contribution is 5.47. The number of hydrogen-bond donors (Lipinski definition) is 0. The van der Waals surface area contributed by atoms with E-state index in [9.17, 15) is 0 Å². The van der Waals surface area contributed by atoms with E-state index in [1.807, 2.05) is 0 Å². The highest BCUT2D eigenvalue weighted by Crippen LogP contribution is 2.39. The van der Waals surface area contributed by atoms with E-state index in [1.165, 1.54) is 44.9 Å². The van der Waals surface area contributed by atoms with Crippen LogP contribution >= 0.6 is 0 Å². The van der Waals surface area contributed by atoms with Crippen LogP contribution in [0.15, 0.2) is 12.1 Å². The molecule has 2 aliphatic carbocycles. The molecule has 0 amide bonds. The Hall–Kier alpha value is -0.780. The summed E-state index contributed by atoms with van der Waals surface area (Å²) in [4.78, 5) is 0. The molecule has 0 radical (unpaired) electrons. The maximum Gasteiger partial charge on any atom is -0.0126 e. The summed E-state index contributed by atoms with van der Waals surface area (Å²) >= 11 is 0. The van der Waals surface area contributed by atoms with Crippen LogP contribution in [0.5, 0.6) is 0 Å². The quantitative estimate of drug-likeness (QED) is 0.698. The lowest BCUT2D eigenvalue weighted by molar-refractivity contribution is 0.312. The van der Waals surface area contributed by atoms with E-state index in [0.29, 0.717) is 5.41 Å². The van der Waals surface area contributed by atoms with Gasteiger partial charge >= 0.3 is 0 Å². The maximum absolute atomic E-state index is 2.45. The molecule has 1 aromatic carbocycles. The molecule has 1 fully saturated rings. The molecule has 0 aliphatic heterocycles. The average molecular weight is 242 g/mol. The predicted octanol–water partition coefficient (Wildman–Crippen LogP) is 4.82. The van der Waals surface area contributed by atoms with E-state index in [2.05, 4.69) is 32.9 Å². The second-order valence-corrected chi connectivity index (χ2v) is 7.34. The molecule has 0 heterocycles. The minimum absolute atomic E-state index is 0.314. The van der Waals surface area contributed by atoms with Crippen molar-refractivity contribution in [3.8, 4) is 0 Å². The Morgan fingerprint density at radius 3 is 2.44 bits per heavy atom. The van der Waals surface area contributed by atoms with Crippen LogP contribution in [-0.2, 0) is 24.7 Å². The van der Waals surface area contributed by atoms with Gasteiger partial charge in [0.2, 0.25) is 0 Å². The molecule has 0 N–H and O–H groups in total. The van der Waals surface area contributed by atoms with Gasteiger partial charge in [0.1, 0.15) is 0 Å². The summed E-state index contributed by atoms with van der Waals surface area (Å²) in [5.41, 5.74) is 7.02. The fourth-order valence-corrected chi connectivity index (χ4v) is 3.83. The summed E-state index contributed by atoms with van der Waals surface area (Å²) in [5, 5.41) is 0. The number of hydrogen-bond acceptors (Lipinski definition) is 0. The van der Waals surface area contributed by atoms with E-state index in [0.717, 1.165) is 5.92 Å². The molecule has 0 heteroatoms. The Morgan fingerprint density at radius 1 is 1.06 bits per heavy atom. The number of benzene rings is 1. The van der Waals surface area contributed by atoms with Gasteiger partial charge in [-0.25, -0.2) is 0 Å². The van der Waals surface area contributed by atoms with Crippen LogP contribution in [0.2, 0.25) is 0 Å². The SMILES string of the molecule is CC(C)(C)c1c(CC2CCC2)ccc2c1CCC2. The zero-order valence-electron chi connectivity index (χ0n) is 12.2. The molecular weight excluding hydrogens is 216 g/mol. The number of aryl methyl sites for hydroxylation is 1. The zero-order valence-corrected chi connectivity index (χ0v) is 12.2. The van der Waals surface area contributed by atoms with Crippen LogP contribution < -0.4 is 0 Å². The van der Waals surface area contributed by atoms with Gasteiger partial charge in [-0.3, -0.25) is 0 Å². The second-order valence-electron chi connectivity index (χ2n) is 7.34. The molecule has 98 valence electrons. The monoisotopic (exact) mass is 242 g/mol. The highest BCUT2D eigenvalue weighted by Gasteiger charge is 2.28. The molecule has 18 heavy (non-hydrogen) atoms. The highest BCUT2D eigenvalue weighted by atomic mass is 14.3. The number of rotatable bonds is 2. The first-order valence-electron chi connectivity index (χ1n) is 7.70. The Labute approximate surface area is 112 Å². The average Bonchev–Trinajstić information content (AvgIpc) is 2.68. The summed E-state index contributed by atoms with van der Waals surface area (Å²) < 4.78 is 0. The zero-order chi connectivity index (χ0) is 12.8. The van der Waals surface area contributed by atoms with E-state index in [-0.39, 0.29) is 0 Å². The first kappa shape index (κ1) is 12.3. The summed E-state index contributed by atoms with van der Waals surface area (Å²) in [6, 6.07) is 4.87. The third-order valence-electron chi connectivity index (χ3n) is 4.85. The first-order chi connectivity index (χ1) is 8.55. The molecule has 1 aromatic rings. The minimum Gasteiger partial charge on any atom is -0.0585 e. The smallest absolute Gasteiger partial charge is 0.0126 e. The summed E-state index contributed by atoms with van der Waals surface area (Å²) in [6.07, 6.45) is 9.70. The van der Waals surface area contributed by atoms with Gasteiger partial charge in [-0.05, 0) is 59.3 Å². The molecule has 0 saturated heterocycles. The normalized spacial score (nSPS) is 19.7. The number of fused-ring (bicyclic) bond motifs is 1. The molecule has 3 rings (SSSR count). The fourth-order valence-electron chi connectivity index (χ4n) is 3.83. The molecule has 2 aliphatic rings. The van der Waals surface area contributed by atoms with Crippen molar-refractivity contribution in [1.82, 2.24) is 0 Å². The first-order valence-corrected chi connectivity index (χ1v) is 7.70.